The van der Waals surface area contributed by atoms with Gasteiger partial charge in [0.25, 0.3) is 0 Å². The standard InChI is InChI=1S/C28H33NO8/c1-31-22-10-7-9-21(19-22)20-37-24-12-6-5-11-23(24)35-17-15-29(28(30)34-4)16-18-36-27-25(32-2)13-8-14-26(27)33-3/h5-14,19H,15-18,20H2,1-4H3. The third kappa shape index (κ3) is 7.86. The van der Waals surface area contributed by atoms with Crippen molar-refractivity contribution in [2.75, 3.05) is 54.7 Å². The highest BCUT2D eigenvalue weighted by molar-refractivity contribution is 5.67. The van der Waals surface area contributed by atoms with Gasteiger partial charge in [0, 0.05) is 0 Å². The molecule has 0 bridgehead atoms. The molecule has 0 saturated heterocycles. The number of benzene rings is 3. The van der Waals surface area contributed by atoms with Gasteiger partial charge in [-0.15, -0.1) is 0 Å². The Hall–Kier alpha value is -4.27. The first-order valence-corrected chi connectivity index (χ1v) is 11.7. The van der Waals surface area contributed by atoms with Gasteiger partial charge in [-0.25, -0.2) is 4.79 Å². The molecule has 1 amide bonds. The van der Waals surface area contributed by atoms with Gasteiger partial charge in [-0.1, -0.05) is 30.3 Å². The normalized spacial score (nSPS) is 10.3. The van der Waals surface area contributed by atoms with E-state index in [2.05, 4.69) is 0 Å². The van der Waals surface area contributed by atoms with Crippen LogP contribution in [0.3, 0.4) is 0 Å². The Labute approximate surface area is 217 Å². The molecule has 0 atom stereocenters. The average molecular weight is 512 g/mol. The lowest BCUT2D eigenvalue weighted by Crippen LogP contribution is -2.37. The van der Waals surface area contributed by atoms with Gasteiger partial charge in [-0.05, 0) is 42.0 Å². The second-order valence-corrected chi connectivity index (χ2v) is 7.73. The van der Waals surface area contributed by atoms with Crippen molar-refractivity contribution < 1.29 is 38.0 Å². The maximum absolute atomic E-state index is 12.3. The van der Waals surface area contributed by atoms with E-state index in [1.54, 1.807) is 39.5 Å². The lowest BCUT2D eigenvalue weighted by molar-refractivity contribution is 0.106. The summed E-state index contributed by atoms with van der Waals surface area (Å²) in [5.74, 6) is 3.49. The average Bonchev–Trinajstić information content (AvgIpc) is 2.95. The largest absolute Gasteiger partial charge is 0.497 e. The zero-order valence-electron chi connectivity index (χ0n) is 21.6. The van der Waals surface area contributed by atoms with E-state index in [1.807, 2.05) is 48.5 Å². The second-order valence-electron chi connectivity index (χ2n) is 7.73. The lowest BCUT2D eigenvalue weighted by atomic mass is 10.2. The Bertz CT molecular complexity index is 1110. The summed E-state index contributed by atoms with van der Waals surface area (Å²) in [5, 5.41) is 0. The Morgan fingerprint density at radius 1 is 0.676 bits per heavy atom. The minimum atomic E-state index is -0.484. The quantitative estimate of drug-likeness (QED) is 0.305. The SMILES string of the molecule is COC(=O)N(CCOc1ccccc1OCc1cccc(OC)c1)CCOc1c(OC)cccc1OC. The molecule has 0 aliphatic rings. The zero-order chi connectivity index (χ0) is 26.5. The Morgan fingerprint density at radius 3 is 1.89 bits per heavy atom. The molecule has 0 heterocycles. The van der Waals surface area contributed by atoms with Crippen molar-refractivity contribution in [1.82, 2.24) is 4.90 Å². The monoisotopic (exact) mass is 511 g/mol. The lowest BCUT2D eigenvalue weighted by Gasteiger charge is -2.22. The van der Waals surface area contributed by atoms with Crippen LogP contribution in [0.5, 0.6) is 34.5 Å². The minimum Gasteiger partial charge on any atom is -0.497 e. The molecule has 0 saturated carbocycles. The van der Waals surface area contributed by atoms with Gasteiger partial charge in [0.15, 0.2) is 23.0 Å². The molecule has 0 aromatic heterocycles. The molecule has 0 spiro atoms. The van der Waals surface area contributed by atoms with Crippen molar-refractivity contribution in [1.29, 1.82) is 0 Å². The number of hydrogen-bond donors (Lipinski definition) is 0. The molecule has 3 aromatic rings. The first-order valence-electron chi connectivity index (χ1n) is 11.7. The molecule has 0 aliphatic carbocycles. The number of methoxy groups -OCH3 is 4. The summed E-state index contributed by atoms with van der Waals surface area (Å²) in [6.07, 6.45) is -0.484. The van der Waals surface area contributed by atoms with Crippen molar-refractivity contribution in [2.24, 2.45) is 0 Å². The fourth-order valence-electron chi connectivity index (χ4n) is 3.52. The van der Waals surface area contributed by atoms with E-state index in [-0.39, 0.29) is 26.3 Å². The van der Waals surface area contributed by atoms with E-state index in [0.29, 0.717) is 35.4 Å². The molecule has 9 heteroatoms. The first kappa shape index (κ1) is 27.3. The summed E-state index contributed by atoms with van der Waals surface area (Å²) in [5.41, 5.74) is 0.970. The second kappa shape index (κ2) is 14.3. The highest BCUT2D eigenvalue weighted by atomic mass is 16.6. The first-order chi connectivity index (χ1) is 18.1. The summed E-state index contributed by atoms with van der Waals surface area (Å²) in [6.45, 7) is 1.34. The Balaban J connectivity index is 1.56. The molecule has 0 N–H and O–H groups in total. The van der Waals surface area contributed by atoms with E-state index in [4.69, 9.17) is 33.2 Å². The fourth-order valence-corrected chi connectivity index (χ4v) is 3.52. The van der Waals surface area contributed by atoms with E-state index >= 15 is 0 Å². The summed E-state index contributed by atoms with van der Waals surface area (Å²) in [6, 6.07) is 20.4. The predicted octanol–water partition coefficient (Wildman–Crippen LogP) is 4.82. The van der Waals surface area contributed by atoms with E-state index < -0.39 is 6.09 Å². The van der Waals surface area contributed by atoms with Crippen LogP contribution in [-0.4, -0.2) is 65.7 Å². The van der Waals surface area contributed by atoms with Crippen LogP contribution in [-0.2, 0) is 11.3 Å². The van der Waals surface area contributed by atoms with Crippen LogP contribution < -0.4 is 28.4 Å². The molecule has 0 radical (unpaired) electrons. The van der Waals surface area contributed by atoms with Crippen molar-refractivity contribution >= 4 is 6.09 Å². The van der Waals surface area contributed by atoms with Crippen LogP contribution >= 0.6 is 0 Å². The highest BCUT2D eigenvalue weighted by Crippen LogP contribution is 2.36. The van der Waals surface area contributed by atoms with Crippen molar-refractivity contribution in [3.8, 4) is 34.5 Å². The molecule has 37 heavy (non-hydrogen) atoms. The van der Waals surface area contributed by atoms with Crippen LogP contribution in [0.2, 0.25) is 0 Å². The van der Waals surface area contributed by atoms with E-state index in [9.17, 15) is 4.79 Å². The van der Waals surface area contributed by atoms with Crippen LogP contribution in [0.15, 0.2) is 66.7 Å². The van der Waals surface area contributed by atoms with Gasteiger partial charge in [0.2, 0.25) is 5.75 Å². The topological polar surface area (TPSA) is 84.9 Å². The summed E-state index contributed by atoms with van der Waals surface area (Å²) in [4.78, 5) is 13.8. The molecular formula is C28H33NO8. The number of carbonyl (C=O) groups is 1. The minimum absolute atomic E-state index is 0.200. The number of amides is 1. The number of hydrogen-bond acceptors (Lipinski definition) is 8. The number of carbonyl (C=O) groups excluding carboxylic acids is 1. The van der Waals surface area contributed by atoms with Crippen LogP contribution in [0.25, 0.3) is 0 Å². The van der Waals surface area contributed by atoms with Crippen LogP contribution in [0, 0.1) is 0 Å². The third-order valence-electron chi connectivity index (χ3n) is 5.42. The van der Waals surface area contributed by atoms with Crippen molar-refractivity contribution in [2.45, 2.75) is 6.61 Å². The molecule has 0 unspecified atom stereocenters. The van der Waals surface area contributed by atoms with Gasteiger partial charge < -0.3 is 38.1 Å². The molecule has 9 nitrogen and oxygen atoms in total. The van der Waals surface area contributed by atoms with Gasteiger partial charge in [0.1, 0.15) is 25.6 Å². The Kier molecular flexibility index (Phi) is 10.6. The summed E-state index contributed by atoms with van der Waals surface area (Å²) in [7, 11) is 6.07. The maximum Gasteiger partial charge on any atom is 0.409 e. The summed E-state index contributed by atoms with van der Waals surface area (Å²) >= 11 is 0. The van der Waals surface area contributed by atoms with Crippen LogP contribution in [0.1, 0.15) is 5.56 Å². The van der Waals surface area contributed by atoms with Crippen LogP contribution in [0.4, 0.5) is 4.79 Å². The molecule has 198 valence electrons. The van der Waals surface area contributed by atoms with E-state index in [1.165, 1.54) is 12.0 Å². The van der Waals surface area contributed by atoms with Gasteiger partial charge in [-0.2, -0.15) is 0 Å². The Morgan fingerprint density at radius 2 is 1.27 bits per heavy atom. The number of para-hydroxylation sites is 3. The zero-order valence-corrected chi connectivity index (χ0v) is 21.6. The number of ether oxygens (including phenoxy) is 7. The molecular weight excluding hydrogens is 478 g/mol. The smallest absolute Gasteiger partial charge is 0.409 e. The maximum atomic E-state index is 12.3. The third-order valence-corrected chi connectivity index (χ3v) is 5.42. The van der Waals surface area contributed by atoms with E-state index in [0.717, 1.165) is 11.3 Å². The van der Waals surface area contributed by atoms with Crippen molar-refractivity contribution in [3.05, 3.63) is 72.3 Å². The fraction of sp³-hybridized carbons (Fsp3) is 0.321. The molecule has 3 aromatic carbocycles. The number of nitrogens with zero attached hydrogens (tertiary/aromatic N) is 1. The number of rotatable bonds is 14. The molecule has 0 aliphatic heterocycles. The summed E-state index contributed by atoms with van der Waals surface area (Å²) < 4.78 is 38.7. The predicted molar refractivity (Wildman–Crippen MR) is 138 cm³/mol. The van der Waals surface area contributed by atoms with Crippen molar-refractivity contribution in [3.63, 3.8) is 0 Å². The van der Waals surface area contributed by atoms with Gasteiger partial charge in [0.05, 0.1) is 41.5 Å². The van der Waals surface area contributed by atoms with Gasteiger partial charge >= 0.3 is 6.09 Å². The molecule has 0 fully saturated rings. The highest BCUT2D eigenvalue weighted by Gasteiger charge is 2.17. The molecule has 3 rings (SSSR count). The van der Waals surface area contributed by atoms with Gasteiger partial charge in [-0.3, -0.25) is 0 Å².